The number of aromatic nitrogens is 1. The lowest BCUT2D eigenvalue weighted by Gasteiger charge is -2.18. The standard InChI is InChI=1S/C16H19N3O3S/c1-9(2)14(17)15(20)19-16-18-11(8-23-16)10-3-4-12-13(7-10)22-6-5-21-12/h3-4,7-9,14H,5-6,17H2,1-2H3,(H,18,19,20). The summed E-state index contributed by atoms with van der Waals surface area (Å²) in [5.41, 5.74) is 7.53. The molecule has 1 aliphatic rings. The van der Waals surface area contributed by atoms with E-state index in [-0.39, 0.29) is 11.8 Å². The van der Waals surface area contributed by atoms with Crippen molar-refractivity contribution in [2.75, 3.05) is 18.5 Å². The number of ether oxygens (including phenoxy) is 2. The van der Waals surface area contributed by atoms with Crippen LogP contribution in [0.1, 0.15) is 13.8 Å². The fourth-order valence-electron chi connectivity index (χ4n) is 2.16. The summed E-state index contributed by atoms with van der Waals surface area (Å²) < 4.78 is 11.1. The summed E-state index contributed by atoms with van der Waals surface area (Å²) in [4.78, 5) is 16.4. The van der Waals surface area contributed by atoms with Gasteiger partial charge in [0.25, 0.3) is 0 Å². The number of hydrogen-bond acceptors (Lipinski definition) is 6. The summed E-state index contributed by atoms with van der Waals surface area (Å²) in [5, 5.41) is 5.19. The van der Waals surface area contributed by atoms with Crippen molar-refractivity contribution in [1.82, 2.24) is 4.98 Å². The molecule has 3 rings (SSSR count). The van der Waals surface area contributed by atoms with Crippen molar-refractivity contribution in [3.05, 3.63) is 23.6 Å². The van der Waals surface area contributed by atoms with Crippen molar-refractivity contribution in [2.24, 2.45) is 11.7 Å². The molecule has 23 heavy (non-hydrogen) atoms. The van der Waals surface area contributed by atoms with Gasteiger partial charge in [0.2, 0.25) is 5.91 Å². The molecule has 0 radical (unpaired) electrons. The topological polar surface area (TPSA) is 86.5 Å². The molecular formula is C16H19N3O3S. The number of carbonyl (C=O) groups excluding carboxylic acids is 1. The number of nitrogens with two attached hydrogens (primary N) is 1. The molecule has 3 N–H and O–H groups in total. The van der Waals surface area contributed by atoms with Crippen molar-refractivity contribution in [3.8, 4) is 22.8 Å². The Morgan fingerprint density at radius 3 is 2.78 bits per heavy atom. The van der Waals surface area contributed by atoms with Crippen molar-refractivity contribution in [3.63, 3.8) is 0 Å². The van der Waals surface area contributed by atoms with E-state index in [1.54, 1.807) is 0 Å². The van der Waals surface area contributed by atoms with E-state index >= 15 is 0 Å². The van der Waals surface area contributed by atoms with Gasteiger partial charge in [0.1, 0.15) is 13.2 Å². The van der Waals surface area contributed by atoms with Gasteiger partial charge >= 0.3 is 0 Å². The number of fused-ring (bicyclic) bond motifs is 1. The molecule has 0 saturated carbocycles. The molecule has 0 bridgehead atoms. The van der Waals surface area contributed by atoms with E-state index in [1.807, 2.05) is 37.4 Å². The minimum absolute atomic E-state index is 0.0761. The Balaban J connectivity index is 1.75. The number of anilines is 1. The van der Waals surface area contributed by atoms with Gasteiger partial charge in [0.05, 0.1) is 11.7 Å². The van der Waals surface area contributed by atoms with E-state index in [9.17, 15) is 4.79 Å². The van der Waals surface area contributed by atoms with E-state index < -0.39 is 6.04 Å². The van der Waals surface area contributed by atoms with E-state index in [0.717, 1.165) is 17.0 Å². The maximum Gasteiger partial charge on any atom is 0.243 e. The molecule has 7 heteroatoms. The molecule has 1 aliphatic heterocycles. The fraction of sp³-hybridized carbons (Fsp3) is 0.375. The number of benzene rings is 1. The van der Waals surface area contributed by atoms with Gasteiger partial charge in [0.15, 0.2) is 16.6 Å². The average molecular weight is 333 g/mol. The van der Waals surface area contributed by atoms with Gasteiger partial charge < -0.3 is 20.5 Å². The number of hydrogen-bond donors (Lipinski definition) is 2. The third-order valence-electron chi connectivity index (χ3n) is 3.59. The molecule has 0 spiro atoms. The monoisotopic (exact) mass is 333 g/mol. The number of nitrogens with one attached hydrogen (secondary N) is 1. The van der Waals surface area contributed by atoms with Gasteiger partial charge in [-0.2, -0.15) is 0 Å². The van der Waals surface area contributed by atoms with Crippen LogP contribution in [0, 0.1) is 5.92 Å². The lowest BCUT2D eigenvalue weighted by Crippen LogP contribution is -2.39. The van der Waals surface area contributed by atoms with Crippen LogP contribution >= 0.6 is 11.3 Å². The summed E-state index contributed by atoms with van der Waals surface area (Å²) in [7, 11) is 0. The normalized spacial score (nSPS) is 14.6. The number of carbonyl (C=O) groups is 1. The van der Waals surface area contributed by atoms with Crippen LogP contribution in [0.15, 0.2) is 23.6 Å². The van der Waals surface area contributed by atoms with Crippen LogP contribution in [0.4, 0.5) is 5.13 Å². The Labute approximate surface area is 138 Å². The number of amides is 1. The molecule has 1 atom stereocenters. The average Bonchev–Trinajstić information content (AvgIpc) is 3.02. The molecule has 2 aromatic rings. The second-order valence-electron chi connectivity index (χ2n) is 5.66. The zero-order chi connectivity index (χ0) is 16.4. The van der Waals surface area contributed by atoms with Crippen molar-refractivity contribution in [1.29, 1.82) is 0 Å². The Morgan fingerprint density at radius 1 is 1.30 bits per heavy atom. The first-order chi connectivity index (χ1) is 11.0. The van der Waals surface area contributed by atoms with E-state index in [2.05, 4.69) is 10.3 Å². The maximum atomic E-state index is 12.0. The Morgan fingerprint density at radius 2 is 2.04 bits per heavy atom. The molecule has 6 nitrogen and oxygen atoms in total. The molecule has 0 saturated heterocycles. The summed E-state index contributed by atoms with van der Waals surface area (Å²) in [6.45, 7) is 4.93. The first-order valence-corrected chi connectivity index (χ1v) is 8.34. The predicted octanol–water partition coefficient (Wildman–Crippen LogP) is 2.50. The van der Waals surface area contributed by atoms with Crippen LogP contribution in [-0.2, 0) is 4.79 Å². The smallest absolute Gasteiger partial charge is 0.243 e. The molecule has 122 valence electrons. The van der Waals surface area contributed by atoms with Gasteiger partial charge in [0, 0.05) is 10.9 Å². The molecule has 1 aromatic heterocycles. The highest BCUT2D eigenvalue weighted by Gasteiger charge is 2.19. The molecule has 1 unspecified atom stereocenters. The van der Waals surface area contributed by atoms with Gasteiger partial charge in [-0.15, -0.1) is 11.3 Å². The maximum absolute atomic E-state index is 12.0. The molecule has 2 heterocycles. The summed E-state index contributed by atoms with van der Waals surface area (Å²) in [6.07, 6.45) is 0. The Hall–Kier alpha value is -2.12. The summed E-state index contributed by atoms with van der Waals surface area (Å²) >= 11 is 1.37. The molecule has 0 fully saturated rings. The zero-order valence-electron chi connectivity index (χ0n) is 13.0. The molecule has 0 aliphatic carbocycles. The third-order valence-corrected chi connectivity index (χ3v) is 4.35. The van der Waals surface area contributed by atoms with E-state index in [4.69, 9.17) is 15.2 Å². The molecule has 1 aromatic carbocycles. The molecular weight excluding hydrogens is 314 g/mol. The lowest BCUT2D eigenvalue weighted by atomic mass is 10.1. The van der Waals surface area contributed by atoms with E-state index in [0.29, 0.717) is 24.1 Å². The lowest BCUT2D eigenvalue weighted by molar-refractivity contribution is -0.118. The minimum Gasteiger partial charge on any atom is -0.486 e. The number of nitrogens with zero attached hydrogens (tertiary/aromatic N) is 1. The van der Waals surface area contributed by atoms with Crippen molar-refractivity contribution in [2.45, 2.75) is 19.9 Å². The SMILES string of the molecule is CC(C)C(N)C(=O)Nc1nc(-c2ccc3c(c2)OCCO3)cs1. The van der Waals surface area contributed by atoms with Crippen LogP contribution in [0.25, 0.3) is 11.3 Å². The minimum atomic E-state index is -0.545. The molecule has 1 amide bonds. The Kier molecular flexibility index (Phi) is 4.49. The van der Waals surface area contributed by atoms with Crippen LogP contribution in [0.2, 0.25) is 0 Å². The van der Waals surface area contributed by atoms with Gasteiger partial charge in [-0.25, -0.2) is 4.98 Å². The largest absolute Gasteiger partial charge is 0.486 e. The fourth-order valence-corrected chi connectivity index (χ4v) is 2.88. The second-order valence-corrected chi connectivity index (χ2v) is 6.51. The first kappa shape index (κ1) is 15.8. The number of rotatable bonds is 4. The Bertz CT molecular complexity index is 714. The van der Waals surface area contributed by atoms with Gasteiger partial charge in [-0.05, 0) is 24.1 Å². The zero-order valence-corrected chi connectivity index (χ0v) is 13.9. The highest BCUT2D eigenvalue weighted by Crippen LogP contribution is 2.35. The van der Waals surface area contributed by atoms with Gasteiger partial charge in [-0.1, -0.05) is 13.8 Å². The van der Waals surface area contributed by atoms with Gasteiger partial charge in [-0.3, -0.25) is 4.79 Å². The van der Waals surface area contributed by atoms with Crippen LogP contribution in [0.3, 0.4) is 0 Å². The predicted molar refractivity (Wildman–Crippen MR) is 90.0 cm³/mol. The number of thiazole rings is 1. The quantitative estimate of drug-likeness (QED) is 0.898. The summed E-state index contributed by atoms with van der Waals surface area (Å²) in [5.74, 6) is 1.32. The highest BCUT2D eigenvalue weighted by molar-refractivity contribution is 7.14. The third kappa shape index (κ3) is 3.46. The van der Waals surface area contributed by atoms with Crippen molar-refractivity contribution >= 4 is 22.4 Å². The van der Waals surface area contributed by atoms with E-state index in [1.165, 1.54) is 11.3 Å². The summed E-state index contributed by atoms with van der Waals surface area (Å²) in [6, 6.07) is 5.15. The highest BCUT2D eigenvalue weighted by atomic mass is 32.1. The first-order valence-electron chi connectivity index (χ1n) is 7.46. The second kappa shape index (κ2) is 6.55. The van der Waals surface area contributed by atoms with Crippen molar-refractivity contribution < 1.29 is 14.3 Å². The van der Waals surface area contributed by atoms with Crippen LogP contribution in [0.5, 0.6) is 11.5 Å². The van der Waals surface area contributed by atoms with Crippen LogP contribution < -0.4 is 20.5 Å². The van der Waals surface area contributed by atoms with Crippen LogP contribution in [-0.4, -0.2) is 30.1 Å².